The summed E-state index contributed by atoms with van der Waals surface area (Å²) in [5.41, 5.74) is 2.46. The zero-order chi connectivity index (χ0) is 15.1. The van der Waals surface area contributed by atoms with E-state index >= 15 is 0 Å². The number of rotatable bonds is 6. The molecule has 0 aliphatic rings. The van der Waals surface area contributed by atoms with Crippen LogP contribution < -0.4 is 4.90 Å². The molecule has 0 radical (unpaired) electrons. The zero-order valence-electron chi connectivity index (χ0n) is 11.5. The summed E-state index contributed by atoms with van der Waals surface area (Å²) in [4.78, 5) is 6.03. The Balaban J connectivity index is 2.27. The van der Waals surface area contributed by atoms with Gasteiger partial charge >= 0.3 is 0 Å². The minimum absolute atomic E-state index is 0.254. The van der Waals surface area contributed by atoms with Crippen LogP contribution in [0, 0.1) is 17.1 Å². The van der Waals surface area contributed by atoms with Crippen LogP contribution in [0.1, 0.15) is 17.5 Å². The lowest BCUT2D eigenvalue weighted by Crippen LogP contribution is -2.24. The lowest BCUT2D eigenvalue weighted by Gasteiger charge is -2.24. The van der Waals surface area contributed by atoms with E-state index in [1.807, 2.05) is 23.1 Å². The number of nitrogens with zero attached hydrogens (tertiary/aromatic N) is 3. The molecule has 2 rings (SSSR count). The Morgan fingerprint density at radius 2 is 2.14 bits per heavy atom. The predicted octanol–water partition coefficient (Wildman–Crippen LogP) is 3.88. The van der Waals surface area contributed by atoms with Gasteiger partial charge in [-0.05, 0) is 35.4 Å². The van der Waals surface area contributed by atoms with Crippen LogP contribution in [0.3, 0.4) is 0 Å². The van der Waals surface area contributed by atoms with Crippen LogP contribution in [0.15, 0.2) is 42.7 Å². The maximum atomic E-state index is 13.7. The molecule has 0 spiro atoms. The Hall–Kier alpha value is -2.12. The predicted molar refractivity (Wildman–Crippen MR) is 81.5 cm³/mol. The Kier molecular flexibility index (Phi) is 5.53. The van der Waals surface area contributed by atoms with E-state index in [-0.39, 0.29) is 11.7 Å². The Morgan fingerprint density at radius 3 is 2.81 bits per heavy atom. The molecule has 2 aromatic rings. The first-order valence-corrected chi connectivity index (χ1v) is 7.12. The van der Waals surface area contributed by atoms with E-state index in [2.05, 4.69) is 11.1 Å². The smallest absolute Gasteiger partial charge is 0.125 e. The highest BCUT2D eigenvalue weighted by molar-refractivity contribution is 6.17. The number of nitriles is 1. The van der Waals surface area contributed by atoms with Crippen molar-refractivity contribution < 1.29 is 4.39 Å². The van der Waals surface area contributed by atoms with Gasteiger partial charge in [-0.25, -0.2) is 4.39 Å². The van der Waals surface area contributed by atoms with E-state index in [4.69, 9.17) is 16.9 Å². The minimum Gasteiger partial charge on any atom is -0.366 e. The van der Waals surface area contributed by atoms with Crippen LogP contribution in [0.4, 0.5) is 10.1 Å². The number of aromatic nitrogens is 1. The van der Waals surface area contributed by atoms with Crippen molar-refractivity contribution in [3.05, 3.63) is 59.7 Å². The Labute approximate surface area is 128 Å². The fraction of sp³-hybridized carbons (Fsp3) is 0.250. The minimum atomic E-state index is -0.323. The van der Waals surface area contributed by atoms with E-state index in [1.54, 1.807) is 12.4 Å². The van der Waals surface area contributed by atoms with E-state index in [1.165, 1.54) is 12.1 Å². The second-order valence-corrected chi connectivity index (χ2v) is 4.91. The molecule has 0 aliphatic carbocycles. The molecule has 0 aliphatic heterocycles. The largest absolute Gasteiger partial charge is 0.366 e. The summed E-state index contributed by atoms with van der Waals surface area (Å²) in [5, 5.41) is 8.80. The number of hydrogen-bond donors (Lipinski definition) is 0. The van der Waals surface area contributed by atoms with Crippen molar-refractivity contribution in [3.8, 4) is 6.07 Å². The summed E-state index contributed by atoms with van der Waals surface area (Å²) in [6, 6.07) is 10.7. The van der Waals surface area contributed by atoms with Crippen molar-refractivity contribution in [2.45, 2.75) is 18.8 Å². The molecule has 0 N–H and O–H groups in total. The van der Waals surface area contributed by atoms with Gasteiger partial charge in [-0.15, -0.1) is 11.6 Å². The quantitative estimate of drug-likeness (QED) is 0.760. The molecule has 21 heavy (non-hydrogen) atoms. The number of benzene rings is 1. The third-order valence-corrected chi connectivity index (χ3v) is 3.36. The summed E-state index contributed by atoms with van der Waals surface area (Å²) in [6.45, 7) is 1.09. The molecule has 108 valence electrons. The van der Waals surface area contributed by atoms with Crippen molar-refractivity contribution in [1.29, 1.82) is 5.26 Å². The standard InChI is InChI=1S/C16H15ClFN3/c17-10-14-7-15(18)9-16(8-14)21(6-2-4-19)12-13-3-1-5-20-11-13/h1,3,5,7-9,11H,2,6,10,12H2. The molecule has 0 fully saturated rings. The molecule has 1 heterocycles. The number of anilines is 1. The van der Waals surface area contributed by atoms with E-state index in [0.29, 0.717) is 19.5 Å². The van der Waals surface area contributed by atoms with Gasteiger partial charge in [0.05, 0.1) is 12.5 Å². The van der Waals surface area contributed by atoms with E-state index in [0.717, 1.165) is 16.8 Å². The number of hydrogen-bond acceptors (Lipinski definition) is 3. The fourth-order valence-corrected chi connectivity index (χ4v) is 2.24. The number of halogens is 2. The van der Waals surface area contributed by atoms with Crippen molar-refractivity contribution in [2.75, 3.05) is 11.4 Å². The highest BCUT2D eigenvalue weighted by atomic mass is 35.5. The van der Waals surface area contributed by atoms with Gasteiger partial charge in [0.15, 0.2) is 0 Å². The molecule has 0 atom stereocenters. The molecule has 0 unspecified atom stereocenters. The zero-order valence-corrected chi connectivity index (χ0v) is 12.2. The van der Waals surface area contributed by atoms with Crippen molar-refractivity contribution in [2.24, 2.45) is 0 Å². The first-order valence-electron chi connectivity index (χ1n) is 6.59. The van der Waals surface area contributed by atoms with Crippen molar-refractivity contribution in [3.63, 3.8) is 0 Å². The van der Waals surface area contributed by atoms with E-state index in [9.17, 15) is 4.39 Å². The fourth-order valence-electron chi connectivity index (χ4n) is 2.09. The Bertz CT molecular complexity index is 625. The average Bonchev–Trinajstić information content (AvgIpc) is 2.51. The SMILES string of the molecule is N#CCCN(Cc1cccnc1)c1cc(F)cc(CCl)c1. The van der Waals surface area contributed by atoms with Gasteiger partial charge in [0.1, 0.15) is 5.82 Å². The third kappa shape index (κ3) is 4.44. The maximum absolute atomic E-state index is 13.7. The molecular weight excluding hydrogens is 289 g/mol. The molecular formula is C16H15ClFN3. The van der Waals surface area contributed by atoms with Crippen LogP contribution >= 0.6 is 11.6 Å². The average molecular weight is 304 g/mol. The van der Waals surface area contributed by atoms with E-state index < -0.39 is 0 Å². The van der Waals surface area contributed by atoms with Crippen LogP contribution in [0.2, 0.25) is 0 Å². The topological polar surface area (TPSA) is 39.9 Å². The lowest BCUT2D eigenvalue weighted by molar-refractivity contribution is 0.624. The summed E-state index contributed by atoms with van der Waals surface area (Å²) in [5.74, 6) is -0.0692. The number of alkyl halides is 1. The Morgan fingerprint density at radius 1 is 1.29 bits per heavy atom. The maximum Gasteiger partial charge on any atom is 0.125 e. The van der Waals surface area contributed by atoms with Gasteiger partial charge in [-0.2, -0.15) is 5.26 Å². The molecule has 0 saturated carbocycles. The van der Waals surface area contributed by atoms with Crippen molar-refractivity contribution >= 4 is 17.3 Å². The molecule has 0 amide bonds. The summed E-state index contributed by atoms with van der Waals surface area (Å²) >= 11 is 5.79. The summed E-state index contributed by atoms with van der Waals surface area (Å²) < 4.78 is 13.7. The molecule has 0 saturated heterocycles. The monoisotopic (exact) mass is 303 g/mol. The first kappa shape index (κ1) is 15.3. The van der Waals surface area contributed by atoms with Crippen LogP contribution in [0.5, 0.6) is 0 Å². The van der Waals surface area contributed by atoms with Gasteiger partial charge < -0.3 is 4.90 Å². The van der Waals surface area contributed by atoms with Crippen LogP contribution in [0.25, 0.3) is 0 Å². The molecule has 0 bridgehead atoms. The first-order chi connectivity index (χ1) is 10.2. The van der Waals surface area contributed by atoms with Gasteiger partial charge in [0.25, 0.3) is 0 Å². The van der Waals surface area contributed by atoms with Gasteiger partial charge in [-0.1, -0.05) is 6.07 Å². The van der Waals surface area contributed by atoms with Crippen LogP contribution in [-0.4, -0.2) is 11.5 Å². The lowest BCUT2D eigenvalue weighted by atomic mass is 10.1. The molecule has 5 heteroatoms. The molecule has 1 aromatic carbocycles. The second-order valence-electron chi connectivity index (χ2n) is 4.64. The molecule has 3 nitrogen and oxygen atoms in total. The van der Waals surface area contributed by atoms with Gasteiger partial charge in [-0.3, -0.25) is 4.98 Å². The third-order valence-electron chi connectivity index (χ3n) is 3.05. The summed E-state index contributed by atoms with van der Waals surface area (Å²) in [6.07, 6.45) is 3.84. The molecule has 1 aromatic heterocycles. The second kappa shape index (κ2) is 7.61. The number of pyridine rings is 1. The van der Waals surface area contributed by atoms with Gasteiger partial charge in [0.2, 0.25) is 0 Å². The summed E-state index contributed by atoms with van der Waals surface area (Å²) in [7, 11) is 0. The highest BCUT2D eigenvalue weighted by Crippen LogP contribution is 2.22. The van der Waals surface area contributed by atoms with Gasteiger partial charge in [0, 0.05) is 37.1 Å². The normalized spacial score (nSPS) is 10.1. The van der Waals surface area contributed by atoms with Crippen molar-refractivity contribution in [1.82, 2.24) is 4.98 Å². The van der Waals surface area contributed by atoms with Crippen LogP contribution in [-0.2, 0) is 12.4 Å². The highest BCUT2D eigenvalue weighted by Gasteiger charge is 2.10.